The molecule has 31 heavy (non-hydrogen) atoms. The van der Waals surface area contributed by atoms with Crippen LogP contribution in [0.1, 0.15) is 22.3 Å². The predicted molar refractivity (Wildman–Crippen MR) is 106 cm³/mol. The highest BCUT2D eigenvalue weighted by molar-refractivity contribution is 7.08. The third kappa shape index (κ3) is 6.55. The van der Waals surface area contributed by atoms with Crippen molar-refractivity contribution in [2.24, 2.45) is 11.8 Å². The number of alkyl halides is 3. The molecule has 1 amide bonds. The van der Waals surface area contributed by atoms with Gasteiger partial charge in [0.05, 0.1) is 25.2 Å². The number of likely N-dealkylation sites (tertiary alicyclic amines) is 1. The van der Waals surface area contributed by atoms with E-state index in [1.807, 2.05) is 29.2 Å². The zero-order valence-electron chi connectivity index (χ0n) is 16.5. The molecule has 2 aliphatic rings. The molecule has 0 unspecified atom stereocenters. The van der Waals surface area contributed by atoms with Crippen LogP contribution in [0.15, 0.2) is 39.8 Å². The Balaban J connectivity index is 0.000000339. The second-order valence-corrected chi connectivity index (χ2v) is 8.26. The van der Waals surface area contributed by atoms with E-state index in [4.69, 9.17) is 19.1 Å². The van der Waals surface area contributed by atoms with Crippen LogP contribution in [-0.2, 0) is 16.1 Å². The first kappa shape index (κ1) is 23.3. The maximum absolute atomic E-state index is 12.1. The molecule has 3 atom stereocenters. The first-order chi connectivity index (χ1) is 14.7. The number of hydrogen-bond acceptors (Lipinski definition) is 6. The van der Waals surface area contributed by atoms with Gasteiger partial charge in [0, 0.05) is 42.1 Å². The quantitative estimate of drug-likeness (QED) is 0.712. The van der Waals surface area contributed by atoms with Crippen molar-refractivity contribution < 1.29 is 37.0 Å². The van der Waals surface area contributed by atoms with E-state index >= 15 is 0 Å². The standard InChI is InChI=1S/C18H22N2O3S.C2HF3O2/c21-18(15-3-6-24-12-15)19-7-17-16-9-20(4-1-14(16)11-23-17)8-13-2-5-22-10-13;3-2(4,5)1(6)7/h2-3,5-6,10,12,14,16-17H,1,4,7-9,11H2,(H,19,21);(H,6,7)/t14-,16-,17+;/m0./s1. The van der Waals surface area contributed by atoms with Crippen LogP contribution in [0.5, 0.6) is 0 Å². The van der Waals surface area contributed by atoms with Gasteiger partial charge in [-0.25, -0.2) is 4.79 Å². The second-order valence-electron chi connectivity index (χ2n) is 7.48. The molecule has 7 nitrogen and oxygen atoms in total. The summed E-state index contributed by atoms with van der Waals surface area (Å²) in [5.41, 5.74) is 1.95. The zero-order chi connectivity index (χ0) is 22.4. The molecule has 0 spiro atoms. The van der Waals surface area contributed by atoms with E-state index in [-0.39, 0.29) is 12.0 Å². The Bertz CT molecular complexity index is 842. The van der Waals surface area contributed by atoms with Crippen molar-refractivity contribution >= 4 is 23.2 Å². The summed E-state index contributed by atoms with van der Waals surface area (Å²) in [5, 5.41) is 14.0. The lowest BCUT2D eigenvalue weighted by Crippen LogP contribution is -2.45. The number of hydrogen-bond donors (Lipinski definition) is 2. The first-order valence-electron chi connectivity index (χ1n) is 9.69. The topological polar surface area (TPSA) is 92.0 Å². The Hall–Kier alpha value is -2.37. The van der Waals surface area contributed by atoms with E-state index in [0.29, 0.717) is 18.4 Å². The molecular formula is C20H23F3N2O5S. The number of piperidine rings is 1. The van der Waals surface area contributed by atoms with E-state index in [1.165, 1.54) is 16.9 Å². The second kappa shape index (κ2) is 10.3. The van der Waals surface area contributed by atoms with Crippen molar-refractivity contribution in [1.82, 2.24) is 10.2 Å². The molecule has 0 radical (unpaired) electrons. The summed E-state index contributed by atoms with van der Waals surface area (Å²) in [4.78, 5) is 23.5. The Morgan fingerprint density at radius 2 is 2.10 bits per heavy atom. The number of carbonyl (C=O) groups is 2. The maximum Gasteiger partial charge on any atom is 0.490 e. The summed E-state index contributed by atoms with van der Waals surface area (Å²) >= 11 is 1.54. The van der Waals surface area contributed by atoms with Crippen LogP contribution < -0.4 is 5.32 Å². The number of nitrogens with one attached hydrogen (secondary N) is 1. The van der Waals surface area contributed by atoms with Gasteiger partial charge in [0.2, 0.25) is 0 Å². The van der Waals surface area contributed by atoms with Gasteiger partial charge in [-0.15, -0.1) is 0 Å². The van der Waals surface area contributed by atoms with Gasteiger partial charge in [-0.1, -0.05) is 0 Å². The highest BCUT2D eigenvalue weighted by Crippen LogP contribution is 2.34. The normalized spacial score (nSPS) is 23.5. The lowest BCUT2D eigenvalue weighted by Gasteiger charge is -2.35. The molecule has 2 fully saturated rings. The highest BCUT2D eigenvalue weighted by Gasteiger charge is 2.41. The minimum atomic E-state index is -5.08. The zero-order valence-corrected chi connectivity index (χ0v) is 17.3. The van der Waals surface area contributed by atoms with E-state index in [2.05, 4.69) is 10.2 Å². The summed E-state index contributed by atoms with van der Waals surface area (Å²) in [5.74, 6) is -1.65. The summed E-state index contributed by atoms with van der Waals surface area (Å²) in [6.07, 6.45) is -0.263. The van der Waals surface area contributed by atoms with Gasteiger partial charge in [-0.2, -0.15) is 24.5 Å². The minimum Gasteiger partial charge on any atom is -0.475 e. The maximum atomic E-state index is 12.1. The molecule has 2 aromatic heterocycles. The van der Waals surface area contributed by atoms with Gasteiger partial charge in [0.15, 0.2) is 0 Å². The van der Waals surface area contributed by atoms with Crippen LogP contribution in [0, 0.1) is 11.8 Å². The third-order valence-electron chi connectivity index (χ3n) is 5.37. The molecule has 0 aromatic carbocycles. The molecule has 11 heteroatoms. The fourth-order valence-corrected chi connectivity index (χ4v) is 4.42. The minimum absolute atomic E-state index is 0.00522. The van der Waals surface area contributed by atoms with Crippen molar-refractivity contribution in [3.63, 3.8) is 0 Å². The van der Waals surface area contributed by atoms with Crippen molar-refractivity contribution in [3.8, 4) is 0 Å². The number of amides is 1. The van der Waals surface area contributed by atoms with E-state index in [0.717, 1.165) is 38.2 Å². The SMILES string of the molecule is O=C(NC[C@H]1OC[C@@H]2CCN(Cc3ccoc3)C[C@@H]21)c1ccsc1.O=C(O)C(F)(F)F. The van der Waals surface area contributed by atoms with Crippen LogP contribution in [0.3, 0.4) is 0 Å². The average molecular weight is 460 g/mol. The number of rotatable bonds is 5. The Morgan fingerprint density at radius 1 is 1.32 bits per heavy atom. The molecule has 2 aliphatic heterocycles. The van der Waals surface area contributed by atoms with Gasteiger partial charge >= 0.3 is 12.1 Å². The molecule has 4 heterocycles. The van der Waals surface area contributed by atoms with E-state index in [9.17, 15) is 18.0 Å². The summed E-state index contributed by atoms with van der Waals surface area (Å²) in [6.45, 7) is 4.46. The number of carbonyl (C=O) groups excluding carboxylic acids is 1. The first-order valence-corrected chi connectivity index (χ1v) is 10.6. The van der Waals surface area contributed by atoms with E-state index in [1.54, 1.807) is 6.26 Å². The molecule has 170 valence electrons. The molecule has 2 aromatic rings. The highest BCUT2D eigenvalue weighted by atomic mass is 32.1. The third-order valence-corrected chi connectivity index (χ3v) is 6.05. The van der Waals surface area contributed by atoms with Gasteiger partial charge in [0.1, 0.15) is 0 Å². The molecule has 0 aliphatic carbocycles. The summed E-state index contributed by atoms with van der Waals surface area (Å²) in [6, 6.07) is 3.88. The van der Waals surface area contributed by atoms with Gasteiger partial charge in [-0.05, 0) is 36.4 Å². The van der Waals surface area contributed by atoms with Crippen LogP contribution >= 0.6 is 11.3 Å². The van der Waals surface area contributed by atoms with Crippen LogP contribution in [-0.4, -0.2) is 60.4 Å². The monoisotopic (exact) mass is 460 g/mol. The fourth-order valence-electron chi connectivity index (χ4n) is 3.78. The number of fused-ring (bicyclic) bond motifs is 1. The van der Waals surface area contributed by atoms with Crippen molar-refractivity contribution in [3.05, 3.63) is 46.5 Å². The van der Waals surface area contributed by atoms with Crippen LogP contribution in [0.25, 0.3) is 0 Å². The predicted octanol–water partition coefficient (Wildman–Crippen LogP) is 3.24. The molecule has 0 saturated carbocycles. The molecular weight excluding hydrogens is 437 g/mol. The van der Waals surface area contributed by atoms with Crippen LogP contribution in [0.4, 0.5) is 13.2 Å². The number of carboxylic acid groups (broad SMARTS) is 1. The Kier molecular flexibility index (Phi) is 7.74. The number of thiophene rings is 1. The number of halogens is 3. The van der Waals surface area contributed by atoms with E-state index < -0.39 is 12.1 Å². The van der Waals surface area contributed by atoms with Crippen molar-refractivity contribution in [2.45, 2.75) is 25.2 Å². The number of furan rings is 1. The largest absolute Gasteiger partial charge is 0.490 e. The smallest absolute Gasteiger partial charge is 0.475 e. The lowest BCUT2D eigenvalue weighted by molar-refractivity contribution is -0.192. The van der Waals surface area contributed by atoms with Crippen LogP contribution in [0.2, 0.25) is 0 Å². The van der Waals surface area contributed by atoms with Gasteiger partial charge in [0.25, 0.3) is 5.91 Å². The summed E-state index contributed by atoms with van der Waals surface area (Å²) in [7, 11) is 0. The van der Waals surface area contributed by atoms with Crippen molar-refractivity contribution in [1.29, 1.82) is 0 Å². The lowest BCUT2D eigenvalue weighted by atomic mass is 9.84. The number of aliphatic carboxylic acids is 1. The molecule has 0 bridgehead atoms. The Morgan fingerprint density at radius 3 is 2.71 bits per heavy atom. The number of carboxylic acids is 1. The van der Waals surface area contributed by atoms with Gasteiger partial charge < -0.3 is 19.6 Å². The number of nitrogens with zero attached hydrogens (tertiary/aromatic N) is 1. The number of ether oxygens (including phenoxy) is 1. The van der Waals surface area contributed by atoms with Crippen molar-refractivity contribution in [2.75, 3.05) is 26.2 Å². The molecule has 2 saturated heterocycles. The van der Waals surface area contributed by atoms with Gasteiger partial charge in [-0.3, -0.25) is 9.69 Å². The summed E-state index contributed by atoms with van der Waals surface area (Å²) < 4.78 is 42.9. The average Bonchev–Trinajstić information content (AvgIpc) is 3.48. The Labute approximate surface area is 180 Å². The fraction of sp³-hybridized carbons (Fsp3) is 0.500. The molecule has 4 rings (SSSR count). The molecule has 2 N–H and O–H groups in total.